The third-order valence-corrected chi connectivity index (χ3v) is 9.37. The van der Waals surface area contributed by atoms with E-state index in [4.69, 9.17) is 14.4 Å². The Labute approximate surface area is 266 Å². The summed E-state index contributed by atoms with van der Waals surface area (Å²) in [6.45, 7) is 6.53. The van der Waals surface area contributed by atoms with Gasteiger partial charge in [0.15, 0.2) is 0 Å². The molecule has 3 heteroatoms. The largest absolute Gasteiger partial charge is 0.455 e. The summed E-state index contributed by atoms with van der Waals surface area (Å²) in [5.74, 6) is 0. The smallest absolute Gasteiger partial charge is 0.143 e. The number of hydrogen-bond acceptors (Lipinski definition) is 3. The number of aryl methyl sites for hydroxylation is 3. The summed E-state index contributed by atoms with van der Waals surface area (Å²) in [5, 5.41) is 6.87. The van der Waals surface area contributed by atoms with E-state index in [1.54, 1.807) is 0 Å². The van der Waals surface area contributed by atoms with Crippen LogP contribution < -0.4 is 0 Å². The minimum absolute atomic E-state index is 0.846. The lowest BCUT2D eigenvalue weighted by Gasteiger charge is -2.12. The summed E-state index contributed by atoms with van der Waals surface area (Å²) in [6, 6.07) is 43.0. The Bertz CT molecular complexity index is 2620. The molecule has 7 aromatic carbocycles. The van der Waals surface area contributed by atoms with Gasteiger partial charge in [-0.25, -0.2) is 4.98 Å². The van der Waals surface area contributed by atoms with Crippen molar-refractivity contribution in [2.24, 2.45) is 0 Å². The lowest BCUT2D eigenvalue weighted by atomic mass is 9.92. The van der Waals surface area contributed by atoms with Crippen molar-refractivity contribution in [1.82, 2.24) is 9.97 Å². The van der Waals surface area contributed by atoms with Gasteiger partial charge >= 0.3 is 0 Å². The molecule has 0 saturated carbocycles. The number of para-hydroxylation sites is 2. The zero-order valence-corrected chi connectivity index (χ0v) is 25.9. The number of furan rings is 1. The fraction of sp³-hybridized carbons (Fsp3) is 0.0698. The first-order valence-electron chi connectivity index (χ1n) is 15.7. The number of aromatic nitrogens is 2. The standard InChI is InChI=1S/C43H30N2O/c1-25-21-26(2)39(27(3)22-25)37-20-10-19-36-35-18-9-17-30(42(35)46-43(36)37)28-11-8-12-29(23-28)38-24-44-40-33-15-6-4-13-31(33)32-14-5-7-16-34(32)41(40)45-38/h4-24H,1-3H3. The highest BCUT2D eigenvalue weighted by Gasteiger charge is 2.18. The van der Waals surface area contributed by atoms with Crippen LogP contribution in [-0.4, -0.2) is 9.97 Å². The predicted octanol–water partition coefficient (Wildman–Crippen LogP) is 11.8. The molecule has 0 atom stereocenters. The molecule has 0 spiro atoms. The van der Waals surface area contributed by atoms with Gasteiger partial charge in [-0.3, -0.25) is 4.98 Å². The predicted molar refractivity (Wildman–Crippen MR) is 192 cm³/mol. The summed E-state index contributed by atoms with van der Waals surface area (Å²) < 4.78 is 6.83. The Morgan fingerprint density at radius 1 is 0.478 bits per heavy atom. The molecule has 0 fully saturated rings. The van der Waals surface area contributed by atoms with Crippen molar-refractivity contribution in [1.29, 1.82) is 0 Å². The first-order valence-corrected chi connectivity index (χ1v) is 15.7. The number of benzene rings is 7. The third-order valence-electron chi connectivity index (χ3n) is 9.37. The molecule has 3 nitrogen and oxygen atoms in total. The fourth-order valence-electron chi connectivity index (χ4n) is 7.46. The monoisotopic (exact) mass is 590 g/mol. The summed E-state index contributed by atoms with van der Waals surface area (Å²) in [6.07, 6.45) is 1.91. The summed E-state index contributed by atoms with van der Waals surface area (Å²) in [5.41, 5.74) is 13.8. The molecule has 0 N–H and O–H groups in total. The highest BCUT2D eigenvalue weighted by Crippen LogP contribution is 2.42. The van der Waals surface area contributed by atoms with Gasteiger partial charge in [0.05, 0.1) is 22.9 Å². The van der Waals surface area contributed by atoms with Crippen molar-refractivity contribution in [3.63, 3.8) is 0 Å². The van der Waals surface area contributed by atoms with E-state index in [0.29, 0.717) is 0 Å². The minimum atomic E-state index is 0.846. The lowest BCUT2D eigenvalue weighted by Crippen LogP contribution is -1.92. The molecular weight excluding hydrogens is 560 g/mol. The first kappa shape index (κ1) is 26.6. The summed E-state index contributed by atoms with van der Waals surface area (Å²) >= 11 is 0. The van der Waals surface area contributed by atoms with Crippen molar-refractivity contribution in [2.45, 2.75) is 20.8 Å². The normalized spacial score (nSPS) is 11.8. The van der Waals surface area contributed by atoms with Crippen LogP contribution in [0, 0.1) is 20.8 Å². The molecule has 9 rings (SSSR count). The molecule has 0 bridgehead atoms. The minimum Gasteiger partial charge on any atom is -0.455 e. The second-order valence-electron chi connectivity index (χ2n) is 12.4. The quantitative estimate of drug-likeness (QED) is 0.192. The molecule has 0 unspecified atom stereocenters. The van der Waals surface area contributed by atoms with E-state index in [-0.39, 0.29) is 0 Å². The Hall–Kier alpha value is -5.80. The lowest BCUT2D eigenvalue weighted by molar-refractivity contribution is 0.671. The summed E-state index contributed by atoms with van der Waals surface area (Å²) in [7, 11) is 0. The van der Waals surface area contributed by atoms with Crippen LogP contribution in [0.5, 0.6) is 0 Å². The molecular formula is C43H30N2O. The maximum absolute atomic E-state index is 6.83. The average molecular weight is 591 g/mol. The number of nitrogens with zero attached hydrogens (tertiary/aromatic N) is 2. The van der Waals surface area contributed by atoms with Gasteiger partial charge in [0.2, 0.25) is 0 Å². The summed E-state index contributed by atoms with van der Waals surface area (Å²) in [4.78, 5) is 10.2. The maximum atomic E-state index is 6.83. The van der Waals surface area contributed by atoms with Crippen molar-refractivity contribution >= 4 is 54.5 Å². The molecule has 46 heavy (non-hydrogen) atoms. The van der Waals surface area contributed by atoms with Gasteiger partial charge in [0.1, 0.15) is 11.2 Å². The highest BCUT2D eigenvalue weighted by molar-refractivity contribution is 6.23. The van der Waals surface area contributed by atoms with Gasteiger partial charge in [-0.05, 0) is 59.9 Å². The molecule has 218 valence electrons. The van der Waals surface area contributed by atoms with Gasteiger partial charge in [-0.1, -0.05) is 121 Å². The van der Waals surface area contributed by atoms with E-state index in [2.05, 4.69) is 142 Å². The average Bonchev–Trinajstić information content (AvgIpc) is 3.48. The molecule has 2 aromatic heterocycles. The van der Waals surface area contributed by atoms with Crippen LogP contribution >= 0.6 is 0 Å². The second kappa shape index (κ2) is 10.1. The molecule has 0 amide bonds. The molecule has 0 aliphatic rings. The van der Waals surface area contributed by atoms with Gasteiger partial charge in [-0.15, -0.1) is 0 Å². The molecule has 9 aromatic rings. The molecule has 0 aliphatic carbocycles. The Kier molecular flexibility index (Phi) is 5.85. The Morgan fingerprint density at radius 2 is 1.02 bits per heavy atom. The zero-order valence-electron chi connectivity index (χ0n) is 25.9. The number of hydrogen-bond donors (Lipinski definition) is 0. The van der Waals surface area contributed by atoms with Crippen molar-refractivity contribution in [3.05, 3.63) is 144 Å². The highest BCUT2D eigenvalue weighted by atomic mass is 16.3. The van der Waals surface area contributed by atoms with E-state index in [9.17, 15) is 0 Å². The van der Waals surface area contributed by atoms with Crippen molar-refractivity contribution < 1.29 is 4.42 Å². The number of rotatable bonds is 3. The first-order chi connectivity index (χ1) is 22.5. The van der Waals surface area contributed by atoms with Crippen LogP contribution in [0.25, 0.3) is 88.0 Å². The van der Waals surface area contributed by atoms with Crippen LogP contribution in [0.2, 0.25) is 0 Å². The second-order valence-corrected chi connectivity index (χ2v) is 12.4. The molecule has 2 heterocycles. The fourth-order valence-corrected chi connectivity index (χ4v) is 7.46. The zero-order chi connectivity index (χ0) is 30.9. The molecule has 0 aliphatic heterocycles. The van der Waals surface area contributed by atoms with E-state index >= 15 is 0 Å². The number of fused-ring (bicyclic) bond motifs is 9. The van der Waals surface area contributed by atoms with Crippen molar-refractivity contribution in [3.8, 4) is 33.5 Å². The van der Waals surface area contributed by atoms with Crippen LogP contribution in [0.4, 0.5) is 0 Å². The van der Waals surface area contributed by atoms with Gasteiger partial charge in [0, 0.05) is 38.2 Å². The van der Waals surface area contributed by atoms with E-state index in [1.807, 2.05) is 6.20 Å². The van der Waals surface area contributed by atoms with Crippen molar-refractivity contribution in [2.75, 3.05) is 0 Å². The van der Waals surface area contributed by atoms with Crippen LogP contribution in [0.1, 0.15) is 16.7 Å². The van der Waals surface area contributed by atoms with Gasteiger partial charge < -0.3 is 4.42 Å². The van der Waals surface area contributed by atoms with E-state index in [1.165, 1.54) is 33.0 Å². The Morgan fingerprint density at radius 3 is 1.72 bits per heavy atom. The molecule has 0 radical (unpaired) electrons. The van der Waals surface area contributed by atoms with E-state index < -0.39 is 0 Å². The van der Waals surface area contributed by atoms with Gasteiger partial charge in [-0.2, -0.15) is 0 Å². The SMILES string of the molecule is Cc1cc(C)c(-c2cccc3c2oc2c(-c4cccc(-c5cnc6c7ccccc7c7ccccc7c6n5)c4)cccc23)c(C)c1. The molecule has 0 saturated heterocycles. The topological polar surface area (TPSA) is 38.9 Å². The van der Waals surface area contributed by atoms with E-state index in [0.717, 1.165) is 71.7 Å². The van der Waals surface area contributed by atoms with Crippen LogP contribution in [-0.2, 0) is 0 Å². The Balaban J connectivity index is 1.22. The van der Waals surface area contributed by atoms with Gasteiger partial charge in [0.25, 0.3) is 0 Å². The van der Waals surface area contributed by atoms with Crippen LogP contribution in [0.3, 0.4) is 0 Å². The maximum Gasteiger partial charge on any atom is 0.143 e. The third kappa shape index (κ3) is 3.98. The van der Waals surface area contributed by atoms with Crippen LogP contribution in [0.15, 0.2) is 132 Å².